The summed E-state index contributed by atoms with van der Waals surface area (Å²) in [4.78, 5) is 3.50. The second-order valence-corrected chi connectivity index (χ2v) is 10.8. The van der Waals surface area contributed by atoms with Gasteiger partial charge < -0.3 is 10.3 Å². The van der Waals surface area contributed by atoms with E-state index >= 15 is 0 Å². The third kappa shape index (κ3) is 7.31. The zero-order valence-electron chi connectivity index (χ0n) is 25.1. The highest BCUT2D eigenvalue weighted by molar-refractivity contribution is 5.84. The van der Waals surface area contributed by atoms with Crippen molar-refractivity contribution in [1.29, 1.82) is 0 Å². The van der Waals surface area contributed by atoms with E-state index in [9.17, 15) is 4.39 Å². The molecule has 0 radical (unpaired) electrons. The lowest BCUT2D eigenvalue weighted by molar-refractivity contribution is 0.478. The van der Waals surface area contributed by atoms with E-state index in [0.29, 0.717) is 0 Å². The van der Waals surface area contributed by atoms with Crippen molar-refractivity contribution in [1.82, 2.24) is 20.5 Å². The number of hydrogen-bond acceptors (Lipinski definition) is 2. The molecule has 5 heteroatoms. The van der Waals surface area contributed by atoms with E-state index in [1.54, 1.807) is 24.3 Å². The van der Waals surface area contributed by atoms with Crippen molar-refractivity contribution in [2.24, 2.45) is 5.41 Å². The molecule has 1 aromatic carbocycles. The molecule has 3 aromatic rings. The van der Waals surface area contributed by atoms with Crippen molar-refractivity contribution in [3.63, 3.8) is 0 Å². The molecule has 4 nitrogen and oxygen atoms in total. The summed E-state index contributed by atoms with van der Waals surface area (Å²) in [5.41, 5.74) is 8.82. The van der Waals surface area contributed by atoms with Gasteiger partial charge in [0.15, 0.2) is 0 Å². The van der Waals surface area contributed by atoms with Crippen molar-refractivity contribution >= 4 is 17.7 Å². The Kier molecular flexibility index (Phi) is 9.90. The Hall–Kier alpha value is -4.64. The van der Waals surface area contributed by atoms with Crippen molar-refractivity contribution in [2.45, 2.75) is 41.5 Å². The van der Waals surface area contributed by atoms with Crippen molar-refractivity contribution in [2.75, 3.05) is 0 Å². The second-order valence-electron chi connectivity index (χ2n) is 10.8. The number of aromatic nitrogens is 3. The van der Waals surface area contributed by atoms with Gasteiger partial charge in [-0.2, -0.15) is 5.10 Å². The number of H-pyrrole nitrogens is 2. The lowest BCUT2D eigenvalue weighted by Gasteiger charge is -2.24. The van der Waals surface area contributed by atoms with E-state index in [0.717, 1.165) is 66.9 Å². The van der Waals surface area contributed by atoms with Gasteiger partial charge >= 0.3 is 0 Å². The van der Waals surface area contributed by atoms with Crippen LogP contribution in [-0.2, 0) is 0 Å². The van der Waals surface area contributed by atoms with Gasteiger partial charge in [-0.1, -0.05) is 83.5 Å². The molecule has 0 aliphatic rings. The molecule has 0 atom stereocenters. The Balaban J connectivity index is 2.08. The fourth-order valence-corrected chi connectivity index (χ4v) is 4.28. The van der Waals surface area contributed by atoms with Crippen molar-refractivity contribution in [3.8, 4) is 11.4 Å². The molecule has 2 aromatic heterocycles. The molecule has 0 amide bonds. The first-order valence-electron chi connectivity index (χ1n) is 13.6. The van der Waals surface area contributed by atoms with Crippen LogP contribution < -0.4 is 15.9 Å². The van der Waals surface area contributed by atoms with Crippen LogP contribution in [-0.4, -0.2) is 15.2 Å². The molecule has 212 valence electrons. The molecule has 0 unspecified atom stereocenters. The predicted octanol–water partition coefficient (Wildman–Crippen LogP) is 7.77. The molecular formula is C36H41FN4. The van der Waals surface area contributed by atoms with Gasteiger partial charge in [0.2, 0.25) is 0 Å². The van der Waals surface area contributed by atoms with Gasteiger partial charge in [0.25, 0.3) is 0 Å². The molecule has 3 rings (SSSR count). The lowest BCUT2D eigenvalue weighted by Crippen LogP contribution is -2.24. The van der Waals surface area contributed by atoms with Crippen LogP contribution in [0.25, 0.3) is 29.1 Å². The molecule has 41 heavy (non-hydrogen) atoms. The lowest BCUT2D eigenvalue weighted by atomic mass is 9.92. The zero-order chi connectivity index (χ0) is 30.3. The van der Waals surface area contributed by atoms with Crippen LogP contribution in [0.1, 0.15) is 51.4 Å². The summed E-state index contributed by atoms with van der Waals surface area (Å²) in [5.74, 6) is -0.274. The maximum absolute atomic E-state index is 13.6. The van der Waals surface area contributed by atoms with Crippen LogP contribution >= 0.6 is 0 Å². The van der Waals surface area contributed by atoms with E-state index in [-0.39, 0.29) is 11.2 Å². The second kappa shape index (κ2) is 13.1. The van der Waals surface area contributed by atoms with Crippen molar-refractivity contribution in [3.05, 3.63) is 143 Å². The Morgan fingerprint density at radius 2 is 1.76 bits per heavy atom. The fraction of sp³-hybridized carbons (Fsp3) is 0.194. The van der Waals surface area contributed by atoms with E-state index < -0.39 is 0 Å². The first-order chi connectivity index (χ1) is 19.4. The number of aryl methyl sites for hydroxylation is 1. The summed E-state index contributed by atoms with van der Waals surface area (Å²) in [6.45, 7) is 28.7. The third-order valence-corrected chi connectivity index (χ3v) is 6.85. The number of allylic oxidation sites excluding steroid dienone is 8. The van der Waals surface area contributed by atoms with Crippen LogP contribution in [0.15, 0.2) is 110 Å². The number of benzene rings is 1. The van der Waals surface area contributed by atoms with Gasteiger partial charge in [0.05, 0.1) is 11.0 Å². The topological polar surface area (TPSA) is 56.5 Å². The Bertz CT molecular complexity index is 1680. The number of halogens is 1. The zero-order valence-corrected chi connectivity index (χ0v) is 25.1. The molecule has 2 heterocycles. The summed E-state index contributed by atoms with van der Waals surface area (Å²) in [6, 6.07) is 8.54. The monoisotopic (exact) mass is 548 g/mol. The van der Waals surface area contributed by atoms with E-state index in [1.165, 1.54) is 12.1 Å². The smallest absolute Gasteiger partial charge is 0.123 e. The predicted molar refractivity (Wildman–Crippen MR) is 174 cm³/mol. The summed E-state index contributed by atoms with van der Waals surface area (Å²) >= 11 is 0. The minimum atomic E-state index is -0.274. The summed E-state index contributed by atoms with van der Waals surface area (Å²) in [7, 11) is 0. The normalized spacial score (nSPS) is 13.9. The van der Waals surface area contributed by atoms with Crippen LogP contribution in [0.2, 0.25) is 0 Å². The summed E-state index contributed by atoms with van der Waals surface area (Å²) < 4.78 is 13.6. The average molecular weight is 549 g/mol. The molecule has 0 aliphatic heterocycles. The largest absolute Gasteiger partial charge is 0.359 e. The first-order valence-corrected chi connectivity index (χ1v) is 13.6. The van der Waals surface area contributed by atoms with E-state index in [4.69, 9.17) is 0 Å². The number of aromatic amines is 2. The van der Waals surface area contributed by atoms with Crippen LogP contribution in [0.4, 0.5) is 4.39 Å². The van der Waals surface area contributed by atoms with E-state index in [1.807, 2.05) is 51.2 Å². The van der Waals surface area contributed by atoms with Gasteiger partial charge in [-0.05, 0) is 79.5 Å². The fourth-order valence-electron chi connectivity index (χ4n) is 4.28. The highest BCUT2D eigenvalue weighted by Gasteiger charge is 2.17. The Morgan fingerprint density at radius 1 is 1.07 bits per heavy atom. The number of hydrogen-bond donors (Lipinski definition) is 3. The number of nitrogens with zero attached hydrogens (tertiary/aromatic N) is 1. The van der Waals surface area contributed by atoms with Crippen molar-refractivity contribution < 1.29 is 4.39 Å². The SMILES string of the molecule is C=C/C=C(/c1ccc(F)cc1)c1cc(-c2n[nH]c(=C/C)/c2=C\C(=C)C(/C=C(\C=C)NC(=C)C(C)(C)C)=C/C)[nH]c1C. The van der Waals surface area contributed by atoms with Gasteiger partial charge in [-0.25, -0.2) is 4.39 Å². The quantitative estimate of drug-likeness (QED) is 0.227. The van der Waals surface area contributed by atoms with Crippen LogP contribution in [0, 0.1) is 18.2 Å². The maximum Gasteiger partial charge on any atom is 0.123 e. The highest BCUT2D eigenvalue weighted by Crippen LogP contribution is 2.30. The third-order valence-electron chi connectivity index (χ3n) is 6.85. The standard InChI is InChI=1S/C36H41FN4/c1-11-15-30(27-16-18-28(37)19-17-27)31-22-34(38-24(31)6)35-32(33(14-4)40-41-35)20-23(5)26(12-2)21-29(13-3)39-25(7)36(8,9)10/h11-22,38-40H,1,3,5,7H2,2,4,6,8-10H3/b26-12+,29-21+,30-15-,32-20+,33-14+. The molecule has 0 bridgehead atoms. The number of nitrogens with one attached hydrogen (secondary N) is 3. The number of rotatable bonds is 10. The molecule has 0 saturated heterocycles. The summed E-state index contributed by atoms with van der Waals surface area (Å²) in [6.07, 6.45) is 13.5. The van der Waals surface area contributed by atoms with Gasteiger partial charge in [-0.15, -0.1) is 0 Å². The molecule has 0 fully saturated rings. The van der Waals surface area contributed by atoms with Gasteiger partial charge in [0, 0.05) is 33.3 Å². The highest BCUT2D eigenvalue weighted by atomic mass is 19.1. The van der Waals surface area contributed by atoms with E-state index in [2.05, 4.69) is 73.7 Å². The Labute approximate surface area is 243 Å². The average Bonchev–Trinajstić information content (AvgIpc) is 3.51. The minimum Gasteiger partial charge on any atom is -0.359 e. The van der Waals surface area contributed by atoms with Gasteiger partial charge in [0.1, 0.15) is 11.5 Å². The molecular weight excluding hydrogens is 507 g/mol. The Morgan fingerprint density at radius 3 is 2.32 bits per heavy atom. The minimum absolute atomic E-state index is 0.0939. The maximum atomic E-state index is 13.6. The first kappa shape index (κ1) is 30.9. The molecule has 3 N–H and O–H groups in total. The molecule has 0 aliphatic carbocycles. The van der Waals surface area contributed by atoms with Crippen LogP contribution in [0.5, 0.6) is 0 Å². The van der Waals surface area contributed by atoms with Gasteiger partial charge in [-0.3, -0.25) is 5.10 Å². The summed E-state index contributed by atoms with van der Waals surface area (Å²) in [5, 5.41) is 13.0. The molecule has 0 spiro atoms. The molecule has 0 saturated carbocycles. The van der Waals surface area contributed by atoms with Crippen LogP contribution in [0.3, 0.4) is 0 Å².